The van der Waals surface area contributed by atoms with Gasteiger partial charge in [-0.3, -0.25) is 10.1 Å². The minimum atomic E-state index is -0.435. The maximum Gasteiger partial charge on any atom is 0.292 e. The summed E-state index contributed by atoms with van der Waals surface area (Å²) in [5.41, 5.74) is 0.442. The average Bonchev–Trinajstić information content (AvgIpc) is 2.82. The Labute approximate surface area is 108 Å². The second-order valence-electron chi connectivity index (χ2n) is 3.65. The van der Waals surface area contributed by atoms with Crippen LogP contribution in [0.15, 0.2) is 36.9 Å². The van der Waals surface area contributed by atoms with Gasteiger partial charge in [0.1, 0.15) is 5.69 Å². The van der Waals surface area contributed by atoms with Gasteiger partial charge < -0.3 is 9.88 Å². The summed E-state index contributed by atoms with van der Waals surface area (Å²) in [5, 5.41) is 14.3. The first kappa shape index (κ1) is 12.4. The van der Waals surface area contributed by atoms with E-state index in [1.165, 1.54) is 12.1 Å². The van der Waals surface area contributed by atoms with Crippen molar-refractivity contribution in [1.82, 2.24) is 9.55 Å². The fraction of sp³-hybridized carbons (Fsp3) is 0.182. The number of aromatic nitrogens is 2. The number of nitro groups is 1. The maximum absolute atomic E-state index is 10.8. The van der Waals surface area contributed by atoms with Crippen molar-refractivity contribution in [1.29, 1.82) is 0 Å². The van der Waals surface area contributed by atoms with Crippen molar-refractivity contribution in [3.8, 4) is 0 Å². The molecule has 2 rings (SSSR count). The molecule has 0 aliphatic carbocycles. The van der Waals surface area contributed by atoms with Gasteiger partial charge in [-0.15, -0.1) is 0 Å². The Morgan fingerprint density at radius 1 is 1.50 bits per heavy atom. The number of nitro benzene ring substituents is 1. The molecule has 7 heteroatoms. The molecule has 6 nitrogen and oxygen atoms in total. The monoisotopic (exact) mass is 266 g/mol. The van der Waals surface area contributed by atoms with Gasteiger partial charge in [0.2, 0.25) is 0 Å². The zero-order chi connectivity index (χ0) is 13.0. The van der Waals surface area contributed by atoms with Crippen LogP contribution >= 0.6 is 11.6 Å². The van der Waals surface area contributed by atoms with E-state index in [0.717, 1.165) is 0 Å². The zero-order valence-electron chi connectivity index (χ0n) is 9.41. The van der Waals surface area contributed by atoms with E-state index in [4.69, 9.17) is 11.6 Å². The van der Waals surface area contributed by atoms with E-state index in [-0.39, 0.29) is 5.69 Å². The molecule has 0 saturated carbocycles. The summed E-state index contributed by atoms with van der Waals surface area (Å²) in [5.74, 6) is 0. The number of nitrogens with one attached hydrogen (secondary N) is 1. The second kappa shape index (κ2) is 5.50. The standard InChI is InChI=1S/C11H11ClN4O2/c12-9-1-2-11(16(17)18)10(7-9)14-4-6-15-5-3-13-8-15/h1-3,5,7-8,14H,4,6H2. The van der Waals surface area contributed by atoms with Crippen LogP contribution in [0.3, 0.4) is 0 Å². The highest BCUT2D eigenvalue weighted by atomic mass is 35.5. The fourth-order valence-corrected chi connectivity index (χ4v) is 1.72. The van der Waals surface area contributed by atoms with Crippen LogP contribution in [0.2, 0.25) is 5.02 Å². The molecule has 0 radical (unpaired) electrons. The molecule has 0 atom stereocenters. The van der Waals surface area contributed by atoms with Crippen LogP contribution in [-0.2, 0) is 6.54 Å². The molecule has 0 fully saturated rings. The molecule has 0 aliphatic rings. The van der Waals surface area contributed by atoms with E-state index in [2.05, 4.69) is 10.3 Å². The SMILES string of the molecule is O=[N+]([O-])c1ccc(Cl)cc1NCCn1ccnc1. The Morgan fingerprint density at radius 3 is 3.00 bits per heavy atom. The Kier molecular flexibility index (Phi) is 3.78. The molecule has 0 unspecified atom stereocenters. The molecular weight excluding hydrogens is 256 g/mol. The summed E-state index contributed by atoms with van der Waals surface area (Å²) in [6, 6.07) is 4.44. The van der Waals surface area contributed by atoms with Gasteiger partial charge >= 0.3 is 0 Å². The second-order valence-corrected chi connectivity index (χ2v) is 4.08. The van der Waals surface area contributed by atoms with Gasteiger partial charge in [-0.05, 0) is 12.1 Å². The van der Waals surface area contributed by atoms with Crippen LogP contribution in [-0.4, -0.2) is 21.0 Å². The van der Waals surface area contributed by atoms with E-state index in [1.807, 2.05) is 10.8 Å². The van der Waals surface area contributed by atoms with Gasteiger partial charge in [-0.1, -0.05) is 11.6 Å². The number of anilines is 1. The van der Waals surface area contributed by atoms with Gasteiger partial charge in [-0.25, -0.2) is 4.98 Å². The summed E-state index contributed by atoms with van der Waals surface area (Å²) in [6.45, 7) is 1.22. The van der Waals surface area contributed by atoms with E-state index >= 15 is 0 Å². The van der Waals surface area contributed by atoms with E-state index in [9.17, 15) is 10.1 Å². The lowest BCUT2D eigenvalue weighted by atomic mass is 10.2. The fourth-order valence-electron chi connectivity index (χ4n) is 1.55. The van der Waals surface area contributed by atoms with Crippen molar-refractivity contribution >= 4 is 23.0 Å². The molecule has 0 aliphatic heterocycles. The van der Waals surface area contributed by atoms with E-state index in [0.29, 0.717) is 23.8 Å². The highest BCUT2D eigenvalue weighted by molar-refractivity contribution is 6.31. The third-order valence-electron chi connectivity index (χ3n) is 2.40. The Hall–Kier alpha value is -2.08. The highest BCUT2D eigenvalue weighted by Crippen LogP contribution is 2.27. The van der Waals surface area contributed by atoms with Gasteiger partial charge in [0.05, 0.1) is 11.3 Å². The highest BCUT2D eigenvalue weighted by Gasteiger charge is 2.13. The third kappa shape index (κ3) is 2.98. The lowest BCUT2D eigenvalue weighted by Crippen LogP contribution is -2.10. The number of benzene rings is 1. The normalized spacial score (nSPS) is 10.3. The first-order chi connectivity index (χ1) is 8.66. The summed E-state index contributed by atoms with van der Waals surface area (Å²) < 4.78 is 1.88. The lowest BCUT2D eigenvalue weighted by molar-refractivity contribution is -0.384. The third-order valence-corrected chi connectivity index (χ3v) is 2.64. The van der Waals surface area contributed by atoms with Crippen LogP contribution in [0, 0.1) is 10.1 Å². The molecule has 1 aromatic heterocycles. The van der Waals surface area contributed by atoms with Crippen molar-refractivity contribution < 1.29 is 4.92 Å². The summed E-state index contributed by atoms with van der Waals surface area (Å²) in [4.78, 5) is 14.3. The molecule has 1 N–H and O–H groups in total. The van der Waals surface area contributed by atoms with Crippen molar-refractivity contribution in [2.24, 2.45) is 0 Å². The Morgan fingerprint density at radius 2 is 2.33 bits per heavy atom. The number of hydrogen-bond acceptors (Lipinski definition) is 4. The van der Waals surface area contributed by atoms with Crippen LogP contribution in [0.5, 0.6) is 0 Å². The number of rotatable bonds is 5. The van der Waals surface area contributed by atoms with Crippen LogP contribution in [0.25, 0.3) is 0 Å². The smallest absolute Gasteiger partial charge is 0.292 e. The van der Waals surface area contributed by atoms with Crippen molar-refractivity contribution in [3.63, 3.8) is 0 Å². The molecule has 0 saturated heterocycles. The molecule has 1 heterocycles. The number of imidazole rings is 1. The van der Waals surface area contributed by atoms with E-state index in [1.54, 1.807) is 18.6 Å². The molecule has 2 aromatic rings. The minimum absolute atomic E-state index is 0.0185. The van der Waals surface area contributed by atoms with Gasteiger partial charge in [0, 0.05) is 36.6 Å². The molecule has 0 bridgehead atoms. The molecule has 94 valence electrons. The Bertz CT molecular complexity index is 542. The molecule has 1 aromatic carbocycles. The van der Waals surface area contributed by atoms with Crippen molar-refractivity contribution in [2.45, 2.75) is 6.54 Å². The van der Waals surface area contributed by atoms with E-state index < -0.39 is 4.92 Å². The van der Waals surface area contributed by atoms with Gasteiger partial charge in [0.25, 0.3) is 5.69 Å². The summed E-state index contributed by atoms with van der Waals surface area (Å²) in [7, 11) is 0. The molecule has 0 spiro atoms. The predicted molar refractivity (Wildman–Crippen MR) is 68.8 cm³/mol. The van der Waals surface area contributed by atoms with Crippen LogP contribution in [0.4, 0.5) is 11.4 Å². The topological polar surface area (TPSA) is 73.0 Å². The molecular formula is C11H11ClN4O2. The molecule has 0 amide bonds. The zero-order valence-corrected chi connectivity index (χ0v) is 10.2. The average molecular weight is 267 g/mol. The lowest BCUT2D eigenvalue weighted by Gasteiger charge is -2.07. The van der Waals surface area contributed by atoms with Gasteiger partial charge in [-0.2, -0.15) is 0 Å². The summed E-state index contributed by atoms with van der Waals surface area (Å²) in [6.07, 6.45) is 5.20. The predicted octanol–water partition coefficient (Wildman–Crippen LogP) is 2.56. The first-order valence-electron chi connectivity index (χ1n) is 5.30. The van der Waals surface area contributed by atoms with Crippen molar-refractivity contribution in [3.05, 3.63) is 52.1 Å². The summed E-state index contributed by atoms with van der Waals surface area (Å²) >= 11 is 5.82. The first-order valence-corrected chi connectivity index (χ1v) is 5.68. The maximum atomic E-state index is 10.8. The van der Waals surface area contributed by atoms with Crippen LogP contribution < -0.4 is 5.32 Å². The van der Waals surface area contributed by atoms with Crippen molar-refractivity contribution in [2.75, 3.05) is 11.9 Å². The largest absolute Gasteiger partial charge is 0.378 e. The quantitative estimate of drug-likeness (QED) is 0.667. The van der Waals surface area contributed by atoms with Crippen LogP contribution in [0.1, 0.15) is 0 Å². The van der Waals surface area contributed by atoms with Gasteiger partial charge in [0.15, 0.2) is 0 Å². The number of hydrogen-bond donors (Lipinski definition) is 1. The minimum Gasteiger partial charge on any atom is -0.378 e. The molecule has 18 heavy (non-hydrogen) atoms. The Balaban J connectivity index is 2.03. The number of nitrogens with zero attached hydrogens (tertiary/aromatic N) is 3. The number of halogens is 1.